The van der Waals surface area contributed by atoms with Gasteiger partial charge in [0.15, 0.2) is 0 Å². The molecule has 55 heavy (non-hydrogen) atoms. The Morgan fingerprint density at radius 3 is 1.53 bits per heavy atom. The van der Waals surface area contributed by atoms with Gasteiger partial charge in [0.25, 0.3) is 0 Å². The van der Waals surface area contributed by atoms with Gasteiger partial charge in [0.2, 0.25) is 0 Å². The quantitative estimate of drug-likeness (QED) is 0.168. The van der Waals surface area contributed by atoms with E-state index in [0.717, 1.165) is 44.5 Å². The van der Waals surface area contributed by atoms with Crippen molar-refractivity contribution in [2.75, 3.05) is 0 Å². The summed E-state index contributed by atoms with van der Waals surface area (Å²) >= 11 is 0. The lowest BCUT2D eigenvalue weighted by Gasteiger charge is -2.17. The number of hydrogen-bond acceptors (Lipinski definition) is 3. The maximum Gasteiger partial charge on any atom is 0.121 e. The molecular weight excluding hydrogens is 669 g/mol. The van der Waals surface area contributed by atoms with E-state index >= 15 is 0 Å². The first-order valence-electron chi connectivity index (χ1n) is 18.6. The highest BCUT2D eigenvalue weighted by Gasteiger charge is 2.19. The normalized spacial score (nSPS) is 11.6. The molecule has 0 radical (unpaired) electrons. The third kappa shape index (κ3) is 5.11. The van der Waals surface area contributed by atoms with Crippen molar-refractivity contribution in [1.29, 1.82) is 0 Å². The topological polar surface area (TPSA) is 43.6 Å². The van der Waals surface area contributed by atoms with Gasteiger partial charge in [0.1, 0.15) is 11.0 Å². The van der Waals surface area contributed by atoms with Crippen molar-refractivity contribution in [3.63, 3.8) is 0 Å². The van der Waals surface area contributed by atoms with Crippen LogP contribution in [0.4, 0.5) is 0 Å². The summed E-state index contributed by atoms with van der Waals surface area (Å²) in [6, 6.07) is 64.9. The molecule has 11 rings (SSSR count). The smallest absolute Gasteiger partial charge is 0.121 e. The van der Waals surface area contributed by atoms with Crippen molar-refractivity contribution in [2.24, 2.45) is 0 Å². The van der Waals surface area contributed by atoms with Crippen molar-refractivity contribution in [3.8, 4) is 50.2 Å². The molecule has 0 saturated carbocycles. The minimum atomic E-state index is 0.848. The van der Waals surface area contributed by atoms with E-state index in [0.29, 0.717) is 0 Å². The Labute approximate surface area is 317 Å². The van der Waals surface area contributed by atoms with Crippen LogP contribution in [0.15, 0.2) is 194 Å². The standard InChI is InChI=1S/C51H32N4/c1-3-17-39-33(12-1)14-9-23-41(39)37-30-47(42-24-10-15-34-13-2-4-18-40(34)42)51-48(31-37)53-55(54-51)38-27-25-35(26-28-38)49-43-19-5-7-21-45(43)50(36-16-11-29-52-32-36)46-22-8-6-20-44(46)49/h1-32H. The van der Waals surface area contributed by atoms with Crippen LogP contribution in [0.1, 0.15) is 0 Å². The second-order valence-electron chi connectivity index (χ2n) is 14.1. The second kappa shape index (κ2) is 12.6. The first-order valence-corrected chi connectivity index (χ1v) is 18.6. The molecule has 4 nitrogen and oxygen atoms in total. The zero-order valence-electron chi connectivity index (χ0n) is 29.8. The SMILES string of the molecule is c1cncc(-c2c3ccccc3c(-c3ccc(-n4nc5cc(-c6cccc7ccccc67)cc(-c6cccc7ccccc67)c5n4)cc3)c3ccccc23)c1. The molecule has 0 bridgehead atoms. The van der Waals surface area contributed by atoms with Crippen LogP contribution in [-0.4, -0.2) is 20.0 Å². The fourth-order valence-electron chi connectivity index (χ4n) is 8.46. The molecule has 9 aromatic carbocycles. The predicted octanol–water partition coefficient (Wildman–Crippen LogP) is 13.1. The van der Waals surface area contributed by atoms with Gasteiger partial charge in [0.05, 0.1) is 5.69 Å². The van der Waals surface area contributed by atoms with E-state index in [-0.39, 0.29) is 0 Å². The van der Waals surface area contributed by atoms with E-state index in [2.05, 4.69) is 181 Å². The van der Waals surface area contributed by atoms with Crippen LogP contribution in [0.25, 0.3) is 104 Å². The van der Waals surface area contributed by atoms with Gasteiger partial charge in [-0.05, 0) is 107 Å². The van der Waals surface area contributed by atoms with Crippen LogP contribution in [0.5, 0.6) is 0 Å². The second-order valence-corrected chi connectivity index (χ2v) is 14.1. The number of hydrogen-bond donors (Lipinski definition) is 0. The molecule has 0 aliphatic heterocycles. The van der Waals surface area contributed by atoms with E-state index < -0.39 is 0 Å². The Bertz CT molecular complexity index is 3190. The average molecular weight is 701 g/mol. The first-order chi connectivity index (χ1) is 27.3. The summed E-state index contributed by atoms with van der Waals surface area (Å²) in [6.45, 7) is 0. The molecule has 0 spiro atoms. The zero-order chi connectivity index (χ0) is 36.3. The lowest BCUT2D eigenvalue weighted by Crippen LogP contribution is -1.98. The number of nitrogens with zero attached hydrogens (tertiary/aromatic N) is 4. The molecule has 2 heterocycles. The van der Waals surface area contributed by atoms with Crippen molar-refractivity contribution >= 4 is 54.1 Å². The van der Waals surface area contributed by atoms with E-state index in [1.807, 2.05) is 18.5 Å². The number of aromatic nitrogens is 4. The van der Waals surface area contributed by atoms with Crippen LogP contribution in [-0.2, 0) is 0 Å². The Balaban J connectivity index is 1.09. The van der Waals surface area contributed by atoms with E-state index in [4.69, 9.17) is 10.2 Å². The molecule has 0 atom stereocenters. The number of rotatable bonds is 5. The lowest BCUT2D eigenvalue weighted by atomic mass is 9.86. The largest absolute Gasteiger partial charge is 0.264 e. The summed E-state index contributed by atoms with van der Waals surface area (Å²) < 4.78 is 0. The van der Waals surface area contributed by atoms with E-state index in [1.165, 1.54) is 59.8 Å². The van der Waals surface area contributed by atoms with Gasteiger partial charge < -0.3 is 0 Å². The average Bonchev–Trinajstić information content (AvgIpc) is 3.70. The van der Waals surface area contributed by atoms with Gasteiger partial charge in [0, 0.05) is 23.5 Å². The van der Waals surface area contributed by atoms with Crippen molar-refractivity contribution in [1.82, 2.24) is 20.0 Å². The lowest BCUT2D eigenvalue weighted by molar-refractivity contribution is 0.766. The number of benzene rings is 9. The molecule has 4 heteroatoms. The van der Waals surface area contributed by atoms with Gasteiger partial charge in [-0.15, -0.1) is 10.2 Å². The zero-order valence-corrected chi connectivity index (χ0v) is 29.8. The summed E-state index contributed by atoms with van der Waals surface area (Å²) in [4.78, 5) is 6.25. The highest BCUT2D eigenvalue weighted by Crippen LogP contribution is 2.44. The third-order valence-corrected chi connectivity index (χ3v) is 10.9. The molecule has 0 unspecified atom stereocenters. The summed E-state index contributed by atoms with van der Waals surface area (Å²) in [5, 5.41) is 20.0. The monoisotopic (exact) mass is 700 g/mol. The van der Waals surface area contributed by atoms with Crippen LogP contribution >= 0.6 is 0 Å². The summed E-state index contributed by atoms with van der Waals surface area (Å²) in [5.41, 5.74) is 11.8. The molecule has 2 aromatic heterocycles. The molecule has 0 aliphatic rings. The highest BCUT2D eigenvalue weighted by atomic mass is 15.5. The van der Waals surface area contributed by atoms with Gasteiger partial charge in [-0.3, -0.25) is 4.98 Å². The van der Waals surface area contributed by atoms with Gasteiger partial charge in [-0.2, -0.15) is 4.80 Å². The Morgan fingerprint density at radius 2 is 0.909 bits per heavy atom. The van der Waals surface area contributed by atoms with Crippen LogP contribution in [0, 0.1) is 0 Å². The number of pyridine rings is 1. The van der Waals surface area contributed by atoms with Crippen molar-refractivity contribution < 1.29 is 0 Å². The number of fused-ring (bicyclic) bond motifs is 5. The highest BCUT2D eigenvalue weighted by molar-refractivity contribution is 6.21. The first kappa shape index (κ1) is 31.1. The molecular formula is C51H32N4. The molecule has 11 aromatic rings. The predicted molar refractivity (Wildman–Crippen MR) is 228 cm³/mol. The van der Waals surface area contributed by atoms with Crippen LogP contribution in [0.2, 0.25) is 0 Å². The molecule has 0 aliphatic carbocycles. The summed E-state index contributed by atoms with van der Waals surface area (Å²) in [6.07, 6.45) is 3.79. The van der Waals surface area contributed by atoms with Gasteiger partial charge in [-0.1, -0.05) is 152 Å². The van der Waals surface area contributed by atoms with Crippen molar-refractivity contribution in [3.05, 3.63) is 194 Å². The molecule has 0 saturated heterocycles. The molecule has 0 fully saturated rings. The Morgan fingerprint density at radius 1 is 0.364 bits per heavy atom. The molecule has 256 valence electrons. The molecule has 0 N–H and O–H groups in total. The van der Waals surface area contributed by atoms with Crippen LogP contribution in [0.3, 0.4) is 0 Å². The maximum absolute atomic E-state index is 5.21. The van der Waals surface area contributed by atoms with Gasteiger partial charge in [-0.25, -0.2) is 0 Å². The Hall–Kier alpha value is -7.43. The van der Waals surface area contributed by atoms with Crippen LogP contribution < -0.4 is 0 Å². The van der Waals surface area contributed by atoms with Crippen molar-refractivity contribution in [2.45, 2.75) is 0 Å². The summed E-state index contributed by atoms with van der Waals surface area (Å²) in [7, 11) is 0. The third-order valence-electron chi connectivity index (χ3n) is 10.9. The minimum absolute atomic E-state index is 0.848. The van der Waals surface area contributed by atoms with Gasteiger partial charge >= 0.3 is 0 Å². The minimum Gasteiger partial charge on any atom is -0.264 e. The Kier molecular flexibility index (Phi) is 7.14. The fraction of sp³-hybridized carbons (Fsp3) is 0. The maximum atomic E-state index is 5.21. The fourth-order valence-corrected chi connectivity index (χ4v) is 8.46. The van der Waals surface area contributed by atoms with E-state index in [9.17, 15) is 0 Å². The molecule has 0 amide bonds. The van der Waals surface area contributed by atoms with E-state index in [1.54, 1.807) is 4.80 Å². The summed E-state index contributed by atoms with van der Waals surface area (Å²) in [5.74, 6) is 0.